The number of anilines is 1. The summed E-state index contributed by atoms with van der Waals surface area (Å²) in [6, 6.07) is 13.6. The van der Waals surface area contributed by atoms with Gasteiger partial charge in [0.25, 0.3) is 0 Å². The summed E-state index contributed by atoms with van der Waals surface area (Å²) < 4.78 is 10.6. The molecule has 1 aromatic heterocycles. The highest BCUT2D eigenvalue weighted by molar-refractivity contribution is 7.13. The van der Waals surface area contributed by atoms with Crippen LogP contribution in [0.3, 0.4) is 0 Å². The Labute approximate surface area is 169 Å². The minimum atomic E-state index is -0.0820. The van der Waals surface area contributed by atoms with Gasteiger partial charge < -0.3 is 14.8 Å². The highest BCUT2D eigenvalue weighted by Gasteiger charge is 2.12. The van der Waals surface area contributed by atoms with Crippen LogP contribution >= 0.6 is 11.3 Å². The molecule has 0 unspecified atom stereocenters. The molecule has 0 bridgehead atoms. The minimum absolute atomic E-state index is 0.0820. The predicted octanol–water partition coefficient (Wildman–Crippen LogP) is 5.13. The van der Waals surface area contributed by atoms with Gasteiger partial charge in [0.2, 0.25) is 5.91 Å². The van der Waals surface area contributed by atoms with Crippen LogP contribution in [0.2, 0.25) is 0 Å². The lowest BCUT2D eigenvalue weighted by molar-refractivity contribution is -0.115. The number of hydrogen-bond donors (Lipinski definition) is 1. The summed E-state index contributed by atoms with van der Waals surface area (Å²) in [5, 5.41) is 5.68. The van der Waals surface area contributed by atoms with Gasteiger partial charge in [-0.3, -0.25) is 4.79 Å². The van der Waals surface area contributed by atoms with Crippen molar-refractivity contribution in [3.8, 4) is 22.1 Å². The fourth-order valence-electron chi connectivity index (χ4n) is 2.81. The van der Waals surface area contributed by atoms with Crippen molar-refractivity contribution in [1.82, 2.24) is 4.98 Å². The maximum atomic E-state index is 12.3. The Hall–Kier alpha value is -2.86. The molecule has 0 spiro atoms. The smallest absolute Gasteiger partial charge is 0.230 e. The molecule has 3 rings (SSSR count). The molecule has 3 aromatic rings. The largest absolute Gasteiger partial charge is 0.493 e. The molecule has 1 amide bonds. The number of amides is 1. The van der Waals surface area contributed by atoms with Gasteiger partial charge in [0.1, 0.15) is 5.01 Å². The van der Waals surface area contributed by atoms with Gasteiger partial charge in [-0.25, -0.2) is 4.98 Å². The van der Waals surface area contributed by atoms with Crippen LogP contribution in [0.25, 0.3) is 10.6 Å². The van der Waals surface area contributed by atoms with Gasteiger partial charge in [0, 0.05) is 16.6 Å². The lowest BCUT2D eigenvalue weighted by Crippen LogP contribution is -2.14. The molecular formula is C22H24N2O3S. The summed E-state index contributed by atoms with van der Waals surface area (Å²) in [5.74, 6) is 1.71. The molecule has 0 atom stereocenters. The first kappa shape index (κ1) is 19.9. The second-order valence-corrected chi connectivity index (χ2v) is 7.57. The lowest BCUT2D eigenvalue weighted by atomic mass is 10.0. The first-order valence-electron chi connectivity index (χ1n) is 9.06. The number of benzene rings is 2. The molecule has 0 radical (unpaired) electrons. The third-order valence-electron chi connectivity index (χ3n) is 4.39. The van der Waals surface area contributed by atoms with Crippen molar-refractivity contribution in [3.63, 3.8) is 0 Å². The van der Waals surface area contributed by atoms with E-state index in [1.807, 2.05) is 47.8 Å². The molecule has 1 N–H and O–H groups in total. The second-order valence-electron chi connectivity index (χ2n) is 6.72. The SMILES string of the molecule is COc1ccc(-c2nc(CC(=O)Nc3ccc(C(C)C)cc3)cs2)cc1OC. The van der Waals surface area contributed by atoms with Crippen molar-refractivity contribution < 1.29 is 14.3 Å². The molecule has 28 heavy (non-hydrogen) atoms. The van der Waals surface area contributed by atoms with Crippen LogP contribution in [0.5, 0.6) is 11.5 Å². The zero-order valence-corrected chi connectivity index (χ0v) is 17.3. The van der Waals surface area contributed by atoms with Crippen molar-refractivity contribution in [3.05, 3.63) is 59.1 Å². The average Bonchev–Trinajstić information content (AvgIpc) is 3.16. The summed E-state index contributed by atoms with van der Waals surface area (Å²) in [4.78, 5) is 16.9. The number of carbonyl (C=O) groups excluding carboxylic acids is 1. The molecule has 0 aliphatic carbocycles. The Bertz CT molecular complexity index is 949. The van der Waals surface area contributed by atoms with Gasteiger partial charge in [-0.05, 0) is 41.8 Å². The van der Waals surface area contributed by atoms with E-state index < -0.39 is 0 Å². The summed E-state index contributed by atoms with van der Waals surface area (Å²) in [6.07, 6.45) is 0.232. The zero-order valence-electron chi connectivity index (χ0n) is 16.5. The Balaban J connectivity index is 1.66. The summed E-state index contributed by atoms with van der Waals surface area (Å²) in [7, 11) is 3.21. The first-order valence-corrected chi connectivity index (χ1v) is 9.94. The molecule has 2 aromatic carbocycles. The van der Waals surface area contributed by atoms with Crippen molar-refractivity contribution in [2.24, 2.45) is 0 Å². The molecule has 0 aliphatic rings. The Kier molecular flexibility index (Phi) is 6.31. The zero-order chi connectivity index (χ0) is 20.1. The first-order chi connectivity index (χ1) is 13.5. The standard InChI is InChI=1S/C22H24N2O3S/c1-14(2)15-5-8-17(9-6-15)23-21(25)12-18-13-28-22(24-18)16-7-10-19(26-3)20(11-16)27-4/h5-11,13-14H,12H2,1-4H3,(H,23,25). The van der Waals surface area contributed by atoms with E-state index in [0.717, 1.165) is 22.0 Å². The highest BCUT2D eigenvalue weighted by atomic mass is 32.1. The number of aromatic nitrogens is 1. The van der Waals surface area contributed by atoms with E-state index >= 15 is 0 Å². The summed E-state index contributed by atoms with van der Waals surface area (Å²) >= 11 is 1.50. The normalized spacial score (nSPS) is 10.8. The van der Waals surface area contributed by atoms with Crippen LogP contribution in [0.1, 0.15) is 31.0 Å². The lowest BCUT2D eigenvalue weighted by Gasteiger charge is -2.08. The molecule has 0 fully saturated rings. The van der Waals surface area contributed by atoms with E-state index in [0.29, 0.717) is 17.4 Å². The fourth-order valence-corrected chi connectivity index (χ4v) is 3.63. The second kappa shape index (κ2) is 8.89. The third-order valence-corrected chi connectivity index (χ3v) is 5.33. The van der Waals surface area contributed by atoms with Crippen molar-refractivity contribution in [2.45, 2.75) is 26.2 Å². The van der Waals surface area contributed by atoms with Crippen LogP contribution < -0.4 is 14.8 Å². The van der Waals surface area contributed by atoms with E-state index in [1.54, 1.807) is 14.2 Å². The number of nitrogens with zero attached hydrogens (tertiary/aromatic N) is 1. The van der Waals surface area contributed by atoms with Crippen LogP contribution in [-0.2, 0) is 11.2 Å². The molecule has 0 saturated carbocycles. The monoisotopic (exact) mass is 396 g/mol. The van der Waals surface area contributed by atoms with Gasteiger partial charge in [0.15, 0.2) is 11.5 Å². The molecule has 0 aliphatic heterocycles. The van der Waals surface area contributed by atoms with Crippen LogP contribution in [0.4, 0.5) is 5.69 Å². The van der Waals surface area contributed by atoms with Gasteiger partial charge in [-0.15, -0.1) is 11.3 Å². The molecule has 5 nitrogen and oxygen atoms in total. The number of carbonyl (C=O) groups is 1. The maximum Gasteiger partial charge on any atom is 0.230 e. The molecule has 0 saturated heterocycles. The van der Waals surface area contributed by atoms with E-state index in [2.05, 4.69) is 24.1 Å². The van der Waals surface area contributed by atoms with Gasteiger partial charge >= 0.3 is 0 Å². The van der Waals surface area contributed by atoms with E-state index in [1.165, 1.54) is 16.9 Å². The number of hydrogen-bond acceptors (Lipinski definition) is 5. The minimum Gasteiger partial charge on any atom is -0.493 e. The molecule has 146 valence electrons. The van der Waals surface area contributed by atoms with Crippen LogP contribution in [0.15, 0.2) is 47.8 Å². The molecule has 6 heteroatoms. The Morgan fingerprint density at radius 1 is 1.07 bits per heavy atom. The van der Waals surface area contributed by atoms with Crippen molar-refractivity contribution in [2.75, 3.05) is 19.5 Å². The van der Waals surface area contributed by atoms with E-state index in [4.69, 9.17) is 9.47 Å². The maximum absolute atomic E-state index is 12.3. The quantitative estimate of drug-likeness (QED) is 0.601. The predicted molar refractivity (Wildman–Crippen MR) is 114 cm³/mol. The van der Waals surface area contributed by atoms with Gasteiger partial charge in [0.05, 0.1) is 26.3 Å². The third kappa shape index (κ3) is 4.70. The summed E-state index contributed by atoms with van der Waals surface area (Å²) in [5.41, 5.74) is 3.71. The Morgan fingerprint density at radius 3 is 2.43 bits per heavy atom. The Morgan fingerprint density at radius 2 is 1.79 bits per heavy atom. The number of thiazole rings is 1. The van der Waals surface area contributed by atoms with E-state index in [9.17, 15) is 4.79 Å². The van der Waals surface area contributed by atoms with Gasteiger partial charge in [-0.1, -0.05) is 26.0 Å². The number of nitrogens with one attached hydrogen (secondary N) is 1. The highest BCUT2D eigenvalue weighted by Crippen LogP contribution is 2.33. The number of rotatable bonds is 7. The van der Waals surface area contributed by atoms with E-state index in [-0.39, 0.29) is 12.3 Å². The molecular weight excluding hydrogens is 372 g/mol. The molecule has 1 heterocycles. The van der Waals surface area contributed by atoms with Gasteiger partial charge in [-0.2, -0.15) is 0 Å². The summed E-state index contributed by atoms with van der Waals surface area (Å²) in [6.45, 7) is 4.29. The number of methoxy groups -OCH3 is 2. The topological polar surface area (TPSA) is 60.5 Å². The van der Waals surface area contributed by atoms with Crippen LogP contribution in [0, 0.1) is 0 Å². The van der Waals surface area contributed by atoms with Crippen LogP contribution in [-0.4, -0.2) is 25.1 Å². The number of ether oxygens (including phenoxy) is 2. The fraction of sp³-hybridized carbons (Fsp3) is 0.273. The average molecular weight is 397 g/mol. The van der Waals surface area contributed by atoms with Crippen molar-refractivity contribution in [1.29, 1.82) is 0 Å². The van der Waals surface area contributed by atoms with Crippen molar-refractivity contribution >= 4 is 22.9 Å².